The van der Waals surface area contributed by atoms with E-state index in [4.69, 9.17) is 9.84 Å². The molecule has 0 fully saturated rings. The third-order valence-electron chi connectivity index (χ3n) is 2.56. The molecule has 1 atom stereocenters. The fourth-order valence-electron chi connectivity index (χ4n) is 0.830. The van der Waals surface area contributed by atoms with E-state index in [1.54, 1.807) is 0 Å². The molecular weight excluding hydrogens is 266 g/mol. The van der Waals surface area contributed by atoms with E-state index in [0.717, 1.165) is 11.1 Å². The number of carbonyl (C=O) groups is 1. The standard InChI is InChI=1S/C10H24NO.C4H6O2.ClH/c1-6-7-8-9-12-10(2)11(3,4)5;1-3(2)4(5)6;/h10H,6-9H2,1-5H3;1H2,2H3,(H,5,6);1H/q+1;;/p-1. The molecule has 0 bridgehead atoms. The Morgan fingerprint density at radius 1 is 1.32 bits per heavy atom. The third-order valence-corrected chi connectivity index (χ3v) is 2.56. The van der Waals surface area contributed by atoms with Gasteiger partial charge >= 0.3 is 5.97 Å². The summed E-state index contributed by atoms with van der Waals surface area (Å²) in [5.41, 5.74) is 0.176. The first-order valence-electron chi connectivity index (χ1n) is 6.44. The molecule has 0 aliphatic carbocycles. The SMILES string of the molecule is C=C(C)C(=O)O.CCCCCOC(C)[N+](C)(C)C.[Cl-]. The smallest absolute Gasteiger partial charge is 0.330 e. The molecular formula is C14H30ClNO3. The first-order chi connectivity index (χ1) is 8.12. The van der Waals surface area contributed by atoms with E-state index in [1.807, 2.05) is 0 Å². The van der Waals surface area contributed by atoms with Gasteiger partial charge in [0.15, 0.2) is 6.23 Å². The number of halogens is 1. The second-order valence-corrected chi connectivity index (χ2v) is 5.38. The molecule has 0 aliphatic heterocycles. The van der Waals surface area contributed by atoms with Crippen LogP contribution in [0.3, 0.4) is 0 Å². The molecule has 0 spiro atoms. The zero-order valence-corrected chi connectivity index (χ0v) is 14.0. The topological polar surface area (TPSA) is 46.5 Å². The van der Waals surface area contributed by atoms with E-state index in [9.17, 15) is 4.79 Å². The molecule has 0 radical (unpaired) electrons. The molecule has 0 aromatic heterocycles. The van der Waals surface area contributed by atoms with Crippen molar-refractivity contribution in [2.45, 2.75) is 46.3 Å². The Labute approximate surface area is 124 Å². The highest BCUT2D eigenvalue weighted by Crippen LogP contribution is 2.05. The average molecular weight is 296 g/mol. The van der Waals surface area contributed by atoms with Gasteiger partial charge in [-0.15, -0.1) is 0 Å². The molecule has 0 aromatic carbocycles. The minimum atomic E-state index is -0.935. The molecule has 1 unspecified atom stereocenters. The van der Waals surface area contributed by atoms with E-state index in [0.29, 0.717) is 6.23 Å². The van der Waals surface area contributed by atoms with Gasteiger partial charge in [0.2, 0.25) is 0 Å². The number of rotatable bonds is 7. The number of hydrogen-bond donors (Lipinski definition) is 1. The van der Waals surface area contributed by atoms with E-state index in [2.05, 4.69) is 41.6 Å². The van der Waals surface area contributed by atoms with Crippen molar-refractivity contribution in [1.29, 1.82) is 0 Å². The molecule has 0 aliphatic rings. The first-order valence-corrected chi connectivity index (χ1v) is 6.44. The van der Waals surface area contributed by atoms with Crippen LogP contribution in [0.2, 0.25) is 0 Å². The van der Waals surface area contributed by atoms with Crippen LogP contribution < -0.4 is 12.4 Å². The number of nitrogens with zero attached hydrogens (tertiary/aromatic N) is 1. The summed E-state index contributed by atoms with van der Waals surface area (Å²) in [5.74, 6) is -0.935. The minimum absolute atomic E-state index is 0. The highest BCUT2D eigenvalue weighted by Gasteiger charge is 2.17. The van der Waals surface area contributed by atoms with Gasteiger partial charge in [0.05, 0.1) is 27.7 Å². The summed E-state index contributed by atoms with van der Waals surface area (Å²) in [5, 5.41) is 7.89. The monoisotopic (exact) mass is 295 g/mol. The van der Waals surface area contributed by atoms with E-state index in [1.165, 1.54) is 26.2 Å². The van der Waals surface area contributed by atoms with Crippen molar-refractivity contribution in [2.75, 3.05) is 27.7 Å². The molecule has 5 heteroatoms. The fourth-order valence-corrected chi connectivity index (χ4v) is 0.830. The molecule has 1 N–H and O–H groups in total. The van der Waals surface area contributed by atoms with Gasteiger partial charge in [0, 0.05) is 12.5 Å². The number of unbranched alkanes of at least 4 members (excludes halogenated alkanes) is 2. The Kier molecular flexibility index (Phi) is 15.4. The van der Waals surface area contributed by atoms with Gasteiger partial charge < -0.3 is 26.7 Å². The lowest BCUT2D eigenvalue weighted by Crippen LogP contribution is -3.00. The first kappa shape index (κ1) is 23.5. The van der Waals surface area contributed by atoms with Crippen LogP contribution in [0.5, 0.6) is 0 Å². The van der Waals surface area contributed by atoms with Crippen LogP contribution in [0, 0.1) is 0 Å². The lowest BCUT2D eigenvalue weighted by atomic mass is 10.3. The van der Waals surface area contributed by atoms with Gasteiger partial charge in [-0.2, -0.15) is 0 Å². The Balaban J connectivity index is -0.000000313. The minimum Gasteiger partial charge on any atom is -1.00 e. The summed E-state index contributed by atoms with van der Waals surface area (Å²) in [4.78, 5) is 9.60. The lowest BCUT2D eigenvalue weighted by Gasteiger charge is -2.31. The van der Waals surface area contributed by atoms with Crippen molar-refractivity contribution in [2.24, 2.45) is 0 Å². The summed E-state index contributed by atoms with van der Waals surface area (Å²) in [6, 6.07) is 0. The van der Waals surface area contributed by atoms with Gasteiger partial charge in [-0.1, -0.05) is 26.3 Å². The van der Waals surface area contributed by atoms with Crippen molar-refractivity contribution in [3.8, 4) is 0 Å². The van der Waals surface area contributed by atoms with Crippen molar-refractivity contribution in [3.63, 3.8) is 0 Å². The van der Waals surface area contributed by atoms with Crippen LogP contribution in [-0.4, -0.2) is 49.5 Å². The highest BCUT2D eigenvalue weighted by molar-refractivity contribution is 5.84. The quantitative estimate of drug-likeness (QED) is 0.309. The van der Waals surface area contributed by atoms with Gasteiger partial charge in [-0.05, 0) is 13.3 Å². The zero-order chi connectivity index (χ0) is 14.8. The highest BCUT2D eigenvalue weighted by atomic mass is 35.5. The maximum absolute atomic E-state index is 9.60. The van der Waals surface area contributed by atoms with E-state index in [-0.39, 0.29) is 18.0 Å². The number of aliphatic carboxylic acids is 1. The van der Waals surface area contributed by atoms with Crippen LogP contribution in [0.25, 0.3) is 0 Å². The number of quaternary nitrogens is 1. The van der Waals surface area contributed by atoms with Crippen LogP contribution in [-0.2, 0) is 9.53 Å². The van der Waals surface area contributed by atoms with Crippen LogP contribution in [0.4, 0.5) is 0 Å². The second kappa shape index (κ2) is 12.5. The molecule has 19 heavy (non-hydrogen) atoms. The molecule has 0 saturated carbocycles. The molecule has 0 aromatic rings. The van der Waals surface area contributed by atoms with Crippen molar-refractivity contribution < 1.29 is 31.5 Å². The average Bonchev–Trinajstić information content (AvgIpc) is 2.23. The molecule has 0 rings (SSSR count). The van der Waals surface area contributed by atoms with E-state index < -0.39 is 5.97 Å². The molecule has 0 saturated heterocycles. The largest absolute Gasteiger partial charge is 1.00 e. The normalized spacial score (nSPS) is 11.7. The van der Waals surface area contributed by atoms with Crippen molar-refractivity contribution >= 4 is 5.97 Å². The zero-order valence-electron chi connectivity index (χ0n) is 13.2. The fraction of sp³-hybridized carbons (Fsp3) is 0.786. The summed E-state index contributed by atoms with van der Waals surface area (Å²) in [6.45, 7) is 9.85. The Bertz CT molecular complexity index is 238. The number of ether oxygens (including phenoxy) is 1. The maximum atomic E-state index is 9.60. The second-order valence-electron chi connectivity index (χ2n) is 5.38. The van der Waals surface area contributed by atoms with Gasteiger partial charge in [-0.25, -0.2) is 4.79 Å². The van der Waals surface area contributed by atoms with E-state index >= 15 is 0 Å². The number of carboxylic acid groups (broad SMARTS) is 1. The Hall–Kier alpha value is -0.580. The Morgan fingerprint density at radius 3 is 2.00 bits per heavy atom. The molecule has 4 nitrogen and oxygen atoms in total. The third kappa shape index (κ3) is 17.4. The predicted octanol–water partition coefficient (Wildman–Crippen LogP) is -0.103. The van der Waals surface area contributed by atoms with Crippen molar-refractivity contribution in [1.82, 2.24) is 0 Å². The molecule has 0 amide bonds. The van der Waals surface area contributed by atoms with Gasteiger partial charge in [0.25, 0.3) is 0 Å². The van der Waals surface area contributed by atoms with Crippen molar-refractivity contribution in [3.05, 3.63) is 12.2 Å². The molecule has 116 valence electrons. The summed E-state index contributed by atoms with van der Waals surface area (Å²) < 4.78 is 6.56. The lowest BCUT2D eigenvalue weighted by molar-refractivity contribution is -0.917. The van der Waals surface area contributed by atoms with Crippen LogP contribution >= 0.6 is 0 Å². The van der Waals surface area contributed by atoms with Crippen LogP contribution in [0.1, 0.15) is 40.0 Å². The van der Waals surface area contributed by atoms with Gasteiger partial charge in [0.1, 0.15) is 0 Å². The predicted molar refractivity (Wildman–Crippen MR) is 75.4 cm³/mol. The maximum Gasteiger partial charge on any atom is 0.330 e. The summed E-state index contributed by atoms with van der Waals surface area (Å²) in [6.07, 6.45) is 4.05. The number of carboxylic acids is 1. The van der Waals surface area contributed by atoms with Crippen LogP contribution in [0.15, 0.2) is 12.2 Å². The van der Waals surface area contributed by atoms with Gasteiger partial charge in [-0.3, -0.25) is 0 Å². The summed E-state index contributed by atoms with van der Waals surface area (Å²) >= 11 is 0. The summed E-state index contributed by atoms with van der Waals surface area (Å²) in [7, 11) is 6.47. The molecule has 0 heterocycles. The Morgan fingerprint density at radius 2 is 1.74 bits per heavy atom. The number of hydrogen-bond acceptors (Lipinski definition) is 2.